The minimum Gasteiger partial charge on any atom is -0.508 e. The molecule has 4 nitrogen and oxygen atoms in total. The largest absolute Gasteiger partial charge is 0.508 e. The summed E-state index contributed by atoms with van der Waals surface area (Å²) >= 11 is 0. The van der Waals surface area contributed by atoms with E-state index in [9.17, 15) is 5.11 Å². The van der Waals surface area contributed by atoms with Crippen LogP contribution >= 0.6 is 0 Å². The van der Waals surface area contributed by atoms with Crippen molar-refractivity contribution in [1.29, 1.82) is 0 Å². The number of azide groups is 1. The van der Waals surface area contributed by atoms with E-state index in [0.29, 0.717) is 5.56 Å². The first kappa shape index (κ1) is 8.43. The molecule has 0 amide bonds. The molecule has 0 saturated heterocycles. The summed E-state index contributed by atoms with van der Waals surface area (Å²) in [6, 6.07) is 5.19. The van der Waals surface area contributed by atoms with E-state index in [-0.39, 0.29) is 12.3 Å². The van der Waals surface area contributed by atoms with Crippen molar-refractivity contribution in [3.05, 3.63) is 39.8 Å². The molecule has 62 valence electrons. The molecule has 0 aromatic heterocycles. The molecule has 0 aliphatic carbocycles. The van der Waals surface area contributed by atoms with Crippen LogP contribution in [-0.4, -0.2) is 5.11 Å². The normalized spacial score (nSPS) is 9.08. The van der Waals surface area contributed by atoms with Crippen molar-refractivity contribution >= 4 is 0 Å². The first-order valence-corrected chi connectivity index (χ1v) is 3.53. The van der Waals surface area contributed by atoms with Crippen molar-refractivity contribution in [2.75, 3.05) is 0 Å². The third-order valence-corrected chi connectivity index (χ3v) is 1.54. The van der Waals surface area contributed by atoms with Crippen LogP contribution in [0.25, 0.3) is 10.4 Å². The van der Waals surface area contributed by atoms with Gasteiger partial charge in [0.2, 0.25) is 0 Å². The Labute approximate surface area is 70.1 Å². The highest BCUT2D eigenvalue weighted by Crippen LogP contribution is 2.18. The van der Waals surface area contributed by atoms with E-state index in [1.165, 1.54) is 0 Å². The van der Waals surface area contributed by atoms with Crippen molar-refractivity contribution in [2.24, 2.45) is 5.11 Å². The number of benzene rings is 1. The third-order valence-electron chi connectivity index (χ3n) is 1.54. The molecule has 0 aliphatic rings. The average Bonchev–Trinajstić information content (AvgIpc) is 2.07. The van der Waals surface area contributed by atoms with Crippen LogP contribution in [0, 0.1) is 6.92 Å². The van der Waals surface area contributed by atoms with Gasteiger partial charge in [-0.2, -0.15) is 0 Å². The minimum absolute atomic E-state index is 0.174. The van der Waals surface area contributed by atoms with Crippen LogP contribution in [0.15, 0.2) is 23.3 Å². The Morgan fingerprint density at radius 3 is 3.00 bits per heavy atom. The van der Waals surface area contributed by atoms with Gasteiger partial charge in [0.25, 0.3) is 0 Å². The van der Waals surface area contributed by atoms with Gasteiger partial charge in [-0.3, -0.25) is 0 Å². The fourth-order valence-corrected chi connectivity index (χ4v) is 0.949. The van der Waals surface area contributed by atoms with Crippen LogP contribution in [0.5, 0.6) is 5.75 Å². The van der Waals surface area contributed by atoms with Crippen molar-refractivity contribution in [1.82, 2.24) is 0 Å². The predicted molar refractivity (Wildman–Crippen MR) is 45.7 cm³/mol. The van der Waals surface area contributed by atoms with E-state index in [4.69, 9.17) is 5.53 Å². The predicted octanol–water partition coefficient (Wildman–Crippen LogP) is 2.51. The van der Waals surface area contributed by atoms with E-state index < -0.39 is 0 Å². The Morgan fingerprint density at radius 2 is 2.33 bits per heavy atom. The van der Waals surface area contributed by atoms with Crippen LogP contribution in [-0.2, 0) is 6.54 Å². The standard InChI is InChI=1S/C8H9N3O/c1-6-2-3-8(12)7(4-6)5-10-11-9/h2-4,12H,5H2,1H3. The van der Waals surface area contributed by atoms with Crippen LogP contribution in [0.3, 0.4) is 0 Å². The first-order chi connectivity index (χ1) is 5.74. The van der Waals surface area contributed by atoms with Crippen molar-refractivity contribution in [3.63, 3.8) is 0 Å². The fraction of sp³-hybridized carbons (Fsp3) is 0.250. The van der Waals surface area contributed by atoms with Crippen molar-refractivity contribution in [3.8, 4) is 5.75 Å². The Morgan fingerprint density at radius 1 is 1.58 bits per heavy atom. The zero-order valence-electron chi connectivity index (χ0n) is 6.73. The van der Waals surface area contributed by atoms with Crippen molar-refractivity contribution < 1.29 is 5.11 Å². The summed E-state index contributed by atoms with van der Waals surface area (Å²) in [7, 11) is 0. The quantitative estimate of drug-likeness (QED) is 0.406. The lowest BCUT2D eigenvalue weighted by Crippen LogP contribution is -1.82. The van der Waals surface area contributed by atoms with Gasteiger partial charge in [0.15, 0.2) is 0 Å². The highest BCUT2D eigenvalue weighted by atomic mass is 16.3. The lowest BCUT2D eigenvalue weighted by molar-refractivity contribution is 0.468. The van der Waals surface area contributed by atoms with Gasteiger partial charge in [-0.15, -0.1) is 0 Å². The Balaban J connectivity index is 2.96. The Kier molecular flexibility index (Phi) is 2.56. The molecule has 1 rings (SSSR count). The zero-order chi connectivity index (χ0) is 8.97. The van der Waals surface area contributed by atoms with Crippen LogP contribution in [0.2, 0.25) is 0 Å². The van der Waals surface area contributed by atoms with Gasteiger partial charge in [0.05, 0.1) is 6.54 Å². The molecule has 0 fully saturated rings. The maximum Gasteiger partial charge on any atom is 0.118 e. The number of nitrogens with zero attached hydrogens (tertiary/aromatic N) is 3. The SMILES string of the molecule is Cc1ccc(O)c(CN=[N+]=[N-])c1. The van der Waals surface area contributed by atoms with E-state index in [2.05, 4.69) is 10.0 Å². The summed E-state index contributed by atoms with van der Waals surface area (Å²) in [5, 5.41) is 12.6. The van der Waals surface area contributed by atoms with Gasteiger partial charge in [-0.05, 0) is 24.1 Å². The molecule has 0 spiro atoms. The zero-order valence-corrected chi connectivity index (χ0v) is 6.73. The molecule has 0 unspecified atom stereocenters. The van der Waals surface area contributed by atoms with E-state index in [1.54, 1.807) is 18.2 Å². The molecule has 12 heavy (non-hydrogen) atoms. The number of rotatable bonds is 2. The van der Waals surface area contributed by atoms with Gasteiger partial charge >= 0.3 is 0 Å². The molecule has 0 radical (unpaired) electrons. The van der Waals surface area contributed by atoms with E-state index >= 15 is 0 Å². The lowest BCUT2D eigenvalue weighted by Gasteiger charge is -2.00. The molecule has 1 aromatic carbocycles. The molecule has 0 atom stereocenters. The lowest BCUT2D eigenvalue weighted by atomic mass is 10.1. The molecule has 1 aromatic rings. The summed E-state index contributed by atoms with van der Waals surface area (Å²) in [5.74, 6) is 0.174. The average molecular weight is 163 g/mol. The molecular weight excluding hydrogens is 154 g/mol. The molecule has 0 aliphatic heterocycles. The molecule has 0 bridgehead atoms. The molecule has 0 heterocycles. The Hall–Kier alpha value is -1.67. The van der Waals surface area contributed by atoms with Gasteiger partial charge < -0.3 is 5.11 Å². The van der Waals surface area contributed by atoms with Crippen LogP contribution in [0.4, 0.5) is 0 Å². The van der Waals surface area contributed by atoms with Gasteiger partial charge in [-0.25, -0.2) is 0 Å². The highest BCUT2D eigenvalue weighted by molar-refractivity contribution is 5.35. The molecular formula is C8H9N3O. The summed E-state index contributed by atoms with van der Waals surface area (Å²) in [6.07, 6.45) is 0. The summed E-state index contributed by atoms with van der Waals surface area (Å²) in [4.78, 5) is 2.62. The number of phenolic OH excluding ortho intramolecular Hbond substituents is 1. The molecule has 4 heteroatoms. The monoisotopic (exact) mass is 163 g/mol. The maximum atomic E-state index is 9.28. The number of phenols is 1. The summed E-state index contributed by atoms with van der Waals surface area (Å²) < 4.78 is 0. The second-order valence-corrected chi connectivity index (χ2v) is 2.52. The smallest absolute Gasteiger partial charge is 0.118 e. The third kappa shape index (κ3) is 1.90. The first-order valence-electron chi connectivity index (χ1n) is 3.53. The van der Waals surface area contributed by atoms with Gasteiger partial charge in [0, 0.05) is 4.91 Å². The highest BCUT2D eigenvalue weighted by Gasteiger charge is 1.98. The van der Waals surface area contributed by atoms with Crippen LogP contribution in [0.1, 0.15) is 11.1 Å². The topological polar surface area (TPSA) is 69.0 Å². The van der Waals surface area contributed by atoms with Gasteiger partial charge in [0.1, 0.15) is 5.75 Å². The van der Waals surface area contributed by atoms with Crippen molar-refractivity contribution in [2.45, 2.75) is 13.5 Å². The minimum atomic E-state index is 0.174. The second-order valence-electron chi connectivity index (χ2n) is 2.52. The second kappa shape index (κ2) is 3.64. The van der Waals surface area contributed by atoms with Gasteiger partial charge in [-0.1, -0.05) is 22.8 Å². The fourth-order valence-electron chi connectivity index (χ4n) is 0.949. The summed E-state index contributed by atoms with van der Waals surface area (Å²) in [6.45, 7) is 2.11. The number of hydrogen-bond donors (Lipinski definition) is 1. The Bertz CT molecular complexity index is 329. The van der Waals surface area contributed by atoms with Crippen LogP contribution < -0.4 is 0 Å². The maximum absolute atomic E-state index is 9.28. The molecule has 1 N–H and O–H groups in total. The molecule has 0 saturated carbocycles. The number of aromatic hydroxyl groups is 1. The number of aryl methyl sites for hydroxylation is 1. The van der Waals surface area contributed by atoms with E-state index in [1.807, 2.05) is 6.92 Å². The number of hydrogen-bond acceptors (Lipinski definition) is 2. The van der Waals surface area contributed by atoms with E-state index in [0.717, 1.165) is 5.56 Å². The summed E-state index contributed by atoms with van der Waals surface area (Å²) in [5.41, 5.74) is 9.76.